The van der Waals surface area contributed by atoms with Crippen LogP contribution in [0.2, 0.25) is 0 Å². The molecular weight excluding hydrogens is 1100 g/mol. The van der Waals surface area contributed by atoms with Crippen LogP contribution in [0.5, 0.6) is 0 Å². The second kappa shape index (κ2) is 36.7. The summed E-state index contributed by atoms with van der Waals surface area (Å²) in [7, 11) is 1.67. The first-order chi connectivity index (χ1) is 39.1. The highest BCUT2D eigenvalue weighted by molar-refractivity contribution is 4.97. The van der Waals surface area contributed by atoms with Gasteiger partial charge in [-0.25, -0.2) is 0 Å². The van der Waals surface area contributed by atoms with Crippen LogP contribution < -0.4 is 5.73 Å². The van der Waals surface area contributed by atoms with E-state index in [2.05, 4.69) is 12.6 Å². The van der Waals surface area contributed by atoms with E-state index in [0.29, 0.717) is 72.4 Å². The summed E-state index contributed by atoms with van der Waals surface area (Å²) >= 11 is 0. The fraction of sp³-hybridized carbons (Fsp3) is 0.955. The second-order valence-corrected chi connectivity index (χ2v) is 30.8. The molecule has 510 valence electrons. The molecule has 0 aliphatic carbocycles. The third-order valence-electron chi connectivity index (χ3n) is 12.8. The minimum atomic E-state index is -0.297. The van der Waals surface area contributed by atoms with E-state index in [1.54, 1.807) is 13.2 Å². The van der Waals surface area contributed by atoms with Crippen molar-refractivity contribution in [2.75, 3.05) is 73.1 Å². The summed E-state index contributed by atoms with van der Waals surface area (Å²) in [5.41, 5.74) is 3.65. The molecule has 0 radical (unpaired) electrons. The van der Waals surface area contributed by atoms with Crippen LogP contribution >= 0.6 is 0 Å². The van der Waals surface area contributed by atoms with Crippen molar-refractivity contribution in [2.45, 2.75) is 343 Å². The summed E-state index contributed by atoms with van der Waals surface area (Å²) in [5.74, 6) is 0. The van der Waals surface area contributed by atoms with Crippen molar-refractivity contribution < 1.29 is 80.5 Å². The highest BCUT2D eigenvalue weighted by Crippen LogP contribution is 2.35. The molecule has 0 spiro atoms. The van der Waals surface area contributed by atoms with Gasteiger partial charge in [-0.2, -0.15) is 5.26 Å². The zero-order chi connectivity index (χ0) is 66.5. The average molecular weight is 1240 g/mol. The molecule has 4 unspecified atom stereocenters. The Bertz CT molecular complexity index is 1860. The standard InChI is InChI=1S/C17H31NO4.C17H34O5.C17H32O4.C16H33NO4/c1-12-14(19-10-8-9-18)15(22-17(5,6)7)13(21-12)11-20-16(2,3)4;1-12-14(19-10-9-18-8)15(22-17(5,6)7)13(21-12)11-20-16(2,3)4;1-9-10-18-14-12(2)20-13(11-19-16(3,4)5)15(14)21-17(6,7)8;1-11-13(18-9-8-17)14(21-16(5,6)7)12(20-11)10-19-15(2,3)4/h12-15H,8,10-11H2,1-7H3;12-15H,9-11H2,1-8H3;9,12-15H,1,10-11H2,2-8H3;11-14H,8-10,17H2,1-7H3/t3*12-,13+,14+,15?;11-,12+,13+,14?/m0000/s1. The van der Waals surface area contributed by atoms with Gasteiger partial charge in [0.05, 0.1) is 141 Å². The maximum atomic E-state index is 8.67. The average Bonchev–Trinajstić information content (AvgIpc) is 2.03. The molecular formula is C67H130N2O17. The van der Waals surface area contributed by atoms with E-state index in [-0.39, 0.29) is 142 Å². The lowest BCUT2D eigenvalue weighted by Gasteiger charge is -2.32. The molecule has 19 heteroatoms. The van der Waals surface area contributed by atoms with Crippen LogP contribution in [-0.4, -0.2) is 216 Å². The number of nitrogens with two attached hydrogens (primary N) is 1. The number of hydrogen-bond donors (Lipinski definition) is 1. The number of rotatable bonds is 25. The van der Waals surface area contributed by atoms with Gasteiger partial charge >= 0.3 is 0 Å². The van der Waals surface area contributed by atoms with Gasteiger partial charge in [-0.05, 0) is 194 Å². The third kappa shape index (κ3) is 35.4. The first-order valence-electron chi connectivity index (χ1n) is 31.7. The van der Waals surface area contributed by atoms with E-state index in [1.165, 1.54) is 0 Å². The zero-order valence-electron chi connectivity index (χ0n) is 59.8. The Kier molecular flexibility index (Phi) is 35.2. The topological polar surface area (TPSA) is 207 Å². The van der Waals surface area contributed by atoms with Crippen molar-refractivity contribution in [3.05, 3.63) is 12.7 Å². The SMILES string of the molecule is C=CCO[C@H]1C(OC(C)(C)C)[C@@H](COC(C)(C)C)O[C@H]1C.COCCO[C@H]1C(OC(C)(C)C)[C@@H](COC(C)(C)C)O[C@H]1C.C[C@@H]1O[C@H](COC(C)(C)C)C(OC(C)(C)C)[C@@H]1OCCC#N.C[C@@H]1O[C@H](COC(C)(C)C)C(OC(C)(C)C)[C@@H]1OCCN. The third-order valence-corrected chi connectivity index (χ3v) is 12.8. The zero-order valence-corrected chi connectivity index (χ0v) is 59.8. The van der Waals surface area contributed by atoms with Crippen molar-refractivity contribution in [3.63, 3.8) is 0 Å². The monoisotopic (exact) mass is 1230 g/mol. The smallest absolute Gasteiger partial charge is 0.115 e. The van der Waals surface area contributed by atoms with Gasteiger partial charge in [0.15, 0.2) is 0 Å². The highest BCUT2D eigenvalue weighted by Gasteiger charge is 2.50. The first kappa shape index (κ1) is 82.5. The Balaban J connectivity index is 0.000000573. The van der Waals surface area contributed by atoms with Crippen molar-refractivity contribution in [1.29, 1.82) is 5.26 Å². The lowest BCUT2D eigenvalue weighted by Crippen LogP contribution is -2.44. The van der Waals surface area contributed by atoms with Crippen LogP contribution in [0, 0.1) is 11.3 Å². The second-order valence-electron chi connectivity index (χ2n) is 30.8. The molecule has 4 fully saturated rings. The summed E-state index contributed by atoms with van der Waals surface area (Å²) in [4.78, 5) is 0. The van der Waals surface area contributed by atoms with Crippen LogP contribution in [0.1, 0.15) is 200 Å². The molecule has 4 heterocycles. The largest absolute Gasteiger partial charge is 0.382 e. The van der Waals surface area contributed by atoms with E-state index >= 15 is 0 Å². The Labute approximate surface area is 524 Å². The summed E-state index contributed by atoms with van der Waals surface area (Å²) in [5, 5.41) is 8.67. The molecule has 2 N–H and O–H groups in total. The van der Waals surface area contributed by atoms with Gasteiger partial charge in [-0.3, -0.25) is 0 Å². The van der Waals surface area contributed by atoms with Gasteiger partial charge in [0.2, 0.25) is 0 Å². The van der Waals surface area contributed by atoms with E-state index < -0.39 is 0 Å². The molecule has 0 aromatic carbocycles. The van der Waals surface area contributed by atoms with Gasteiger partial charge in [-0.1, -0.05) is 6.08 Å². The Morgan fingerprint density at radius 3 is 0.860 bits per heavy atom. The van der Waals surface area contributed by atoms with Crippen molar-refractivity contribution >= 4 is 0 Å². The van der Waals surface area contributed by atoms with E-state index in [4.69, 9.17) is 91.5 Å². The fourth-order valence-electron chi connectivity index (χ4n) is 9.52. The summed E-state index contributed by atoms with van der Waals surface area (Å²) < 4.78 is 101. The highest BCUT2D eigenvalue weighted by atomic mass is 16.7. The first-order valence-corrected chi connectivity index (χ1v) is 31.7. The lowest BCUT2D eigenvalue weighted by atomic mass is 10.1. The van der Waals surface area contributed by atoms with Crippen LogP contribution in [0.4, 0.5) is 0 Å². The van der Waals surface area contributed by atoms with Crippen LogP contribution in [0.15, 0.2) is 12.7 Å². The molecule has 16 atom stereocenters. The molecule has 4 saturated heterocycles. The quantitative estimate of drug-likeness (QED) is 0.0666. The Morgan fingerprint density at radius 1 is 0.384 bits per heavy atom. The van der Waals surface area contributed by atoms with E-state index in [1.807, 2.05) is 194 Å². The van der Waals surface area contributed by atoms with Crippen molar-refractivity contribution in [2.24, 2.45) is 5.73 Å². The molecule has 0 saturated carbocycles. The molecule has 0 aromatic heterocycles. The normalized spacial score (nSPS) is 30.2. The molecule has 4 aliphatic heterocycles. The predicted octanol–water partition coefficient (Wildman–Crippen LogP) is 11.3. The van der Waals surface area contributed by atoms with E-state index in [0.717, 1.165) is 0 Å². The fourth-order valence-corrected chi connectivity index (χ4v) is 9.52. The molecule has 0 amide bonds. The van der Waals surface area contributed by atoms with Gasteiger partial charge in [0.1, 0.15) is 73.2 Å². The number of hydrogen-bond acceptors (Lipinski definition) is 19. The number of ether oxygens (including phenoxy) is 17. The Hall–Kier alpha value is -1.49. The number of methoxy groups -OCH3 is 1. The summed E-state index contributed by atoms with van der Waals surface area (Å²) in [6.45, 7) is 65.5. The van der Waals surface area contributed by atoms with Gasteiger partial charge in [0, 0.05) is 13.7 Å². The minimum absolute atomic E-state index is 0.0223. The van der Waals surface area contributed by atoms with Crippen LogP contribution in [0.25, 0.3) is 0 Å². The predicted molar refractivity (Wildman–Crippen MR) is 339 cm³/mol. The minimum Gasteiger partial charge on any atom is -0.382 e. The molecule has 0 bridgehead atoms. The van der Waals surface area contributed by atoms with Gasteiger partial charge in [0.25, 0.3) is 0 Å². The lowest BCUT2D eigenvalue weighted by molar-refractivity contribution is -0.145. The number of nitriles is 1. The van der Waals surface area contributed by atoms with Crippen molar-refractivity contribution in [1.82, 2.24) is 0 Å². The molecule has 0 aromatic rings. The van der Waals surface area contributed by atoms with Crippen LogP contribution in [0.3, 0.4) is 0 Å². The van der Waals surface area contributed by atoms with E-state index in [9.17, 15) is 0 Å². The molecule has 86 heavy (non-hydrogen) atoms. The molecule has 4 rings (SSSR count). The maximum absolute atomic E-state index is 8.67. The Morgan fingerprint density at radius 2 is 0.640 bits per heavy atom. The van der Waals surface area contributed by atoms with Gasteiger partial charge < -0.3 is 86.3 Å². The summed E-state index contributed by atoms with van der Waals surface area (Å²) in [6.07, 6.45) is 0.300. The maximum Gasteiger partial charge on any atom is 0.115 e. The number of nitrogens with zero attached hydrogens (tertiary/aromatic N) is 1. The summed E-state index contributed by atoms with van der Waals surface area (Å²) in [6, 6.07) is 2.09. The van der Waals surface area contributed by atoms with Gasteiger partial charge in [-0.15, -0.1) is 6.58 Å². The van der Waals surface area contributed by atoms with Crippen molar-refractivity contribution in [3.8, 4) is 6.07 Å². The molecule has 4 aliphatic rings. The van der Waals surface area contributed by atoms with Crippen LogP contribution in [-0.2, 0) is 80.5 Å². The molecule has 19 nitrogen and oxygen atoms in total.